The molecule has 0 radical (unpaired) electrons. The lowest BCUT2D eigenvalue weighted by Crippen LogP contribution is -2.52. The SMILES string of the molecule is C/C(=C\CSC[C@@H](NC(=O)N1CCC[C@@H]1C(=O)O)C(=O)O)CCCC(C)CCCC(C)CCCC(C)C. The first-order chi connectivity index (χ1) is 17.5. The molecule has 1 aliphatic heterocycles. The number of allylic oxidation sites excluding steroid dienone is 1. The van der Waals surface area contributed by atoms with Crippen molar-refractivity contribution in [2.45, 2.75) is 117 Å². The second-order valence-electron chi connectivity index (χ2n) is 11.5. The van der Waals surface area contributed by atoms with E-state index >= 15 is 0 Å². The van der Waals surface area contributed by atoms with Gasteiger partial charge in [0.25, 0.3) is 0 Å². The van der Waals surface area contributed by atoms with E-state index in [1.54, 1.807) is 0 Å². The highest BCUT2D eigenvalue weighted by atomic mass is 32.2. The van der Waals surface area contributed by atoms with Crippen LogP contribution >= 0.6 is 11.8 Å². The Morgan fingerprint density at radius 3 is 2.14 bits per heavy atom. The Labute approximate surface area is 229 Å². The molecule has 214 valence electrons. The number of likely N-dealkylation sites (tertiary alicyclic amines) is 1. The number of carbonyl (C=O) groups excluding carboxylic acids is 1. The fourth-order valence-electron chi connectivity index (χ4n) is 4.87. The zero-order valence-electron chi connectivity index (χ0n) is 23.8. The van der Waals surface area contributed by atoms with Crippen LogP contribution in [0.1, 0.15) is 105 Å². The molecule has 3 N–H and O–H groups in total. The third-order valence-electron chi connectivity index (χ3n) is 7.37. The summed E-state index contributed by atoms with van der Waals surface area (Å²) in [5, 5.41) is 21.2. The van der Waals surface area contributed by atoms with Crippen LogP contribution in [0.25, 0.3) is 0 Å². The molecule has 1 aliphatic rings. The van der Waals surface area contributed by atoms with Crippen molar-refractivity contribution >= 4 is 29.7 Å². The molecular weight excluding hydrogens is 488 g/mol. The van der Waals surface area contributed by atoms with Gasteiger partial charge < -0.3 is 20.4 Å². The van der Waals surface area contributed by atoms with Crippen molar-refractivity contribution in [2.24, 2.45) is 17.8 Å². The number of nitrogens with one attached hydrogen (secondary N) is 1. The normalized spacial score (nSPS) is 18.6. The average Bonchev–Trinajstić information content (AvgIpc) is 3.31. The van der Waals surface area contributed by atoms with Crippen LogP contribution < -0.4 is 5.32 Å². The third kappa shape index (κ3) is 14.7. The van der Waals surface area contributed by atoms with Gasteiger partial charge in [0, 0.05) is 18.1 Å². The Kier molecular flexibility index (Phi) is 16.7. The average molecular weight is 541 g/mol. The van der Waals surface area contributed by atoms with E-state index in [0.717, 1.165) is 24.2 Å². The second-order valence-corrected chi connectivity index (χ2v) is 12.6. The highest BCUT2D eigenvalue weighted by molar-refractivity contribution is 7.99. The van der Waals surface area contributed by atoms with Crippen molar-refractivity contribution in [3.05, 3.63) is 11.6 Å². The van der Waals surface area contributed by atoms with Crippen molar-refractivity contribution in [1.82, 2.24) is 10.2 Å². The van der Waals surface area contributed by atoms with Crippen LogP contribution in [0.3, 0.4) is 0 Å². The van der Waals surface area contributed by atoms with Gasteiger partial charge in [-0.2, -0.15) is 11.8 Å². The van der Waals surface area contributed by atoms with Crippen LogP contribution in [-0.4, -0.2) is 63.2 Å². The van der Waals surface area contributed by atoms with Gasteiger partial charge in [-0.05, 0) is 50.4 Å². The summed E-state index contributed by atoms with van der Waals surface area (Å²) in [4.78, 5) is 36.5. The second kappa shape index (κ2) is 18.5. The molecule has 0 aliphatic carbocycles. The summed E-state index contributed by atoms with van der Waals surface area (Å²) in [7, 11) is 0. The van der Waals surface area contributed by atoms with Crippen molar-refractivity contribution in [3.63, 3.8) is 0 Å². The number of aliphatic carboxylic acids is 2. The van der Waals surface area contributed by atoms with E-state index < -0.39 is 30.1 Å². The number of carbonyl (C=O) groups is 3. The quantitative estimate of drug-likeness (QED) is 0.123. The largest absolute Gasteiger partial charge is 0.480 e. The number of hydrogen-bond donors (Lipinski definition) is 3. The number of rotatable bonds is 19. The van der Waals surface area contributed by atoms with Crippen molar-refractivity contribution in [2.75, 3.05) is 18.1 Å². The van der Waals surface area contributed by atoms with Crippen LogP contribution in [0, 0.1) is 17.8 Å². The molecular formula is C29H52N2O5S. The molecule has 37 heavy (non-hydrogen) atoms. The van der Waals surface area contributed by atoms with E-state index in [1.165, 1.54) is 73.6 Å². The third-order valence-corrected chi connectivity index (χ3v) is 8.34. The maximum atomic E-state index is 12.4. The van der Waals surface area contributed by atoms with Gasteiger partial charge in [-0.15, -0.1) is 0 Å². The number of nitrogens with zero attached hydrogens (tertiary/aromatic N) is 1. The summed E-state index contributed by atoms with van der Waals surface area (Å²) < 4.78 is 0. The minimum absolute atomic E-state index is 0.239. The standard InChI is InChI=1S/C29H52N2O5S/c1-21(2)10-6-11-22(3)12-7-13-23(4)14-8-15-24(5)17-19-37-20-25(27(32)33)30-29(36)31-18-9-16-26(31)28(34)35/h17,21-23,25-26H,6-16,18-20H2,1-5H3,(H,30,36)(H,32,33)(H,34,35)/b24-17+/t22?,23?,25-,26-/m1/s1. The predicted octanol–water partition coefficient (Wildman–Crippen LogP) is 6.82. The van der Waals surface area contributed by atoms with E-state index in [0.29, 0.717) is 25.1 Å². The molecule has 7 nitrogen and oxygen atoms in total. The number of amides is 2. The van der Waals surface area contributed by atoms with E-state index in [2.05, 4.69) is 46.0 Å². The van der Waals surface area contributed by atoms with Gasteiger partial charge in [-0.25, -0.2) is 14.4 Å². The van der Waals surface area contributed by atoms with E-state index in [1.807, 2.05) is 0 Å². The maximum absolute atomic E-state index is 12.4. The number of hydrogen-bond acceptors (Lipinski definition) is 4. The minimum Gasteiger partial charge on any atom is -0.480 e. The first-order valence-corrected chi connectivity index (χ1v) is 15.4. The number of carboxylic acid groups (broad SMARTS) is 2. The van der Waals surface area contributed by atoms with E-state index in [-0.39, 0.29) is 5.75 Å². The number of carboxylic acids is 2. The molecule has 0 aromatic rings. The van der Waals surface area contributed by atoms with Gasteiger partial charge >= 0.3 is 18.0 Å². The lowest BCUT2D eigenvalue weighted by atomic mass is 9.91. The monoisotopic (exact) mass is 540 g/mol. The molecule has 4 atom stereocenters. The zero-order chi connectivity index (χ0) is 27.8. The number of urea groups is 1. The van der Waals surface area contributed by atoms with Gasteiger partial charge in [0.1, 0.15) is 12.1 Å². The summed E-state index contributed by atoms with van der Waals surface area (Å²) in [6.45, 7) is 11.8. The molecule has 1 saturated heterocycles. The fourth-order valence-corrected chi connectivity index (χ4v) is 5.87. The molecule has 8 heteroatoms. The predicted molar refractivity (Wildman–Crippen MR) is 153 cm³/mol. The molecule has 1 rings (SSSR count). The Morgan fingerprint density at radius 1 is 0.973 bits per heavy atom. The molecule has 0 aromatic carbocycles. The molecule has 2 amide bonds. The molecule has 0 spiro atoms. The summed E-state index contributed by atoms with van der Waals surface area (Å²) in [5.41, 5.74) is 1.32. The summed E-state index contributed by atoms with van der Waals surface area (Å²) in [6.07, 6.45) is 14.7. The fraction of sp³-hybridized carbons (Fsp3) is 0.828. The van der Waals surface area contributed by atoms with Crippen molar-refractivity contribution in [3.8, 4) is 0 Å². The Morgan fingerprint density at radius 2 is 1.57 bits per heavy atom. The van der Waals surface area contributed by atoms with Crippen molar-refractivity contribution < 1.29 is 24.6 Å². The first kappa shape index (κ1) is 33.3. The highest BCUT2D eigenvalue weighted by Gasteiger charge is 2.35. The van der Waals surface area contributed by atoms with Crippen molar-refractivity contribution in [1.29, 1.82) is 0 Å². The molecule has 0 aromatic heterocycles. The van der Waals surface area contributed by atoms with Crippen LogP contribution in [0.2, 0.25) is 0 Å². The zero-order valence-corrected chi connectivity index (χ0v) is 24.7. The Hall–Kier alpha value is -1.70. The topological polar surface area (TPSA) is 107 Å². The van der Waals surface area contributed by atoms with Gasteiger partial charge in [0.05, 0.1) is 0 Å². The minimum atomic E-state index is -1.11. The molecule has 1 heterocycles. The molecule has 0 bridgehead atoms. The lowest BCUT2D eigenvalue weighted by molar-refractivity contribution is -0.141. The van der Waals surface area contributed by atoms with E-state index in [9.17, 15) is 24.6 Å². The van der Waals surface area contributed by atoms with Gasteiger partial charge in [0.15, 0.2) is 0 Å². The summed E-state index contributed by atoms with van der Waals surface area (Å²) >= 11 is 1.46. The first-order valence-electron chi connectivity index (χ1n) is 14.3. The number of thioether (sulfide) groups is 1. The lowest BCUT2D eigenvalue weighted by Gasteiger charge is -2.24. The summed E-state index contributed by atoms with van der Waals surface area (Å²) in [6, 6.07) is -2.53. The highest BCUT2D eigenvalue weighted by Crippen LogP contribution is 2.22. The van der Waals surface area contributed by atoms with Crippen LogP contribution in [0.4, 0.5) is 4.79 Å². The van der Waals surface area contributed by atoms with Gasteiger partial charge in [-0.1, -0.05) is 84.3 Å². The van der Waals surface area contributed by atoms with Gasteiger partial charge in [0.2, 0.25) is 0 Å². The Balaban J connectivity index is 2.23. The van der Waals surface area contributed by atoms with Crippen LogP contribution in [-0.2, 0) is 9.59 Å². The summed E-state index contributed by atoms with van der Waals surface area (Å²) in [5.74, 6) is 1.18. The van der Waals surface area contributed by atoms with Gasteiger partial charge in [-0.3, -0.25) is 0 Å². The van der Waals surface area contributed by atoms with Crippen LogP contribution in [0.15, 0.2) is 11.6 Å². The van der Waals surface area contributed by atoms with Crippen LogP contribution in [0.5, 0.6) is 0 Å². The molecule has 1 fully saturated rings. The van der Waals surface area contributed by atoms with E-state index in [4.69, 9.17) is 0 Å². The molecule has 2 unspecified atom stereocenters. The smallest absolute Gasteiger partial charge is 0.327 e. The maximum Gasteiger partial charge on any atom is 0.327 e. The Bertz CT molecular complexity index is 727. The molecule has 0 saturated carbocycles.